The van der Waals surface area contributed by atoms with Crippen molar-refractivity contribution in [1.29, 1.82) is 0 Å². The maximum atomic E-state index is 8.92. The third kappa shape index (κ3) is 2.78. The topological polar surface area (TPSA) is 32.3 Å². The van der Waals surface area contributed by atoms with E-state index in [4.69, 9.17) is 5.11 Å². The third-order valence-corrected chi connectivity index (χ3v) is 4.13. The molecule has 1 unspecified atom stereocenters. The Hall–Kier alpha value is -0.510. The number of hydrogen-bond donors (Lipinski definition) is 2. The van der Waals surface area contributed by atoms with E-state index in [1.807, 2.05) is 11.8 Å². The van der Waals surface area contributed by atoms with Crippen molar-refractivity contribution >= 4 is 11.8 Å². The molecule has 0 spiro atoms. The van der Waals surface area contributed by atoms with Gasteiger partial charge in [0.05, 0.1) is 0 Å². The second-order valence-electron chi connectivity index (χ2n) is 4.31. The Balaban J connectivity index is 2.07. The summed E-state index contributed by atoms with van der Waals surface area (Å²) in [5.74, 6) is 1.18. The van der Waals surface area contributed by atoms with E-state index >= 15 is 0 Å². The molecule has 16 heavy (non-hydrogen) atoms. The first-order valence-corrected chi connectivity index (χ1v) is 6.88. The molecule has 0 radical (unpaired) electrons. The van der Waals surface area contributed by atoms with Gasteiger partial charge in [-0.25, -0.2) is 0 Å². The molecule has 1 heterocycles. The van der Waals surface area contributed by atoms with E-state index in [0.29, 0.717) is 12.1 Å². The molecule has 0 aromatic heterocycles. The average molecular weight is 237 g/mol. The van der Waals surface area contributed by atoms with Crippen LogP contribution in [0.4, 0.5) is 0 Å². The molecule has 0 saturated carbocycles. The number of aliphatic hydroxyl groups excluding tert-OH is 1. The Bertz CT molecular complexity index is 342. The predicted octanol–water partition coefficient (Wildman–Crippen LogP) is 2.58. The van der Waals surface area contributed by atoms with Gasteiger partial charge in [-0.1, -0.05) is 18.2 Å². The number of hydrogen-bond acceptors (Lipinski definition) is 3. The molecule has 88 valence electrons. The average Bonchev–Trinajstić information content (AvgIpc) is 2.30. The monoisotopic (exact) mass is 237 g/mol. The van der Waals surface area contributed by atoms with Gasteiger partial charge in [-0.2, -0.15) is 0 Å². The SMILES string of the molecule is C[C@H](CCO)NC1CCSc2ccccc21. The highest BCUT2D eigenvalue weighted by molar-refractivity contribution is 7.99. The fraction of sp³-hybridized carbons (Fsp3) is 0.538. The third-order valence-electron chi connectivity index (χ3n) is 3.01. The zero-order valence-corrected chi connectivity index (χ0v) is 10.5. The van der Waals surface area contributed by atoms with E-state index in [1.165, 1.54) is 22.6 Å². The molecule has 3 heteroatoms. The fourth-order valence-electron chi connectivity index (χ4n) is 2.14. The molecule has 2 nitrogen and oxygen atoms in total. The molecular weight excluding hydrogens is 218 g/mol. The largest absolute Gasteiger partial charge is 0.396 e. The van der Waals surface area contributed by atoms with E-state index in [2.05, 4.69) is 36.5 Å². The zero-order valence-electron chi connectivity index (χ0n) is 9.65. The van der Waals surface area contributed by atoms with Crippen LogP contribution in [0, 0.1) is 0 Å². The molecule has 0 amide bonds. The smallest absolute Gasteiger partial charge is 0.0445 e. The molecule has 2 atom stereocenters. The molecule has 1 aromatic carbocycles. The maximum Gasteiger partial charge on any atom is 0.0445 e. The second-order valence-corrected chi connectivity index (χ2v) is 5.44. The van der Waals surface area contributed by atoms with Gasteiger partial charge >= 0.3 is 0 Å². The lowest BCUT2D eigenvalue weighted by molar-refractivity contribution is 0.262. The number of aliphatic hydroxyl groups is 1. The van der Waals surface area contributed by atoms with Gasteiger partial charge in [0.15, 0.2) is 0 Å². The summed E-state index contributed by atoms with van der Waals surface area (Å²) in [6.07, 6.45) is 2.00. The van der Waals surface area contributed by atoms with Gasteiger partial charge in [-0.15, -0.1) is 11.8 Å². The minimum Gasteiger partial charge on any atom is -0.396 e. The lowest BCUT2D eigenvalue weighted by atomic mass is 10.0. The first-order valence-electron chi connectivity index (χ1n) is 5.90. The van der Waals surface area contributed by atoms with Gasteiger partial charge in [0.1, 0.15) is 0 Å². The van der Waals surface area contributed by atoms with Crippen LogP contribution in [0.5, 0.6) is 0 Å². The Morgan fingerprint density at radius 1 is 1.50 bits per heavy atom. The first kappa shape index (κ1) is 12.0. The number of nitrogens with one attached hydrogen (secondary N) is 1. The second kappa shape index (κ2) is 5.71. The molecule has 0 bridgehead atoms. The van der Waals surface area contributed by atoms with E-state index < -0.39 is 0 Å². The molecular formula is C13H19NOS. The summed E-state index contributed by atoms with van der Waals surface area (Å²) in [4.78, 5) is 1.41. The van der Waals surface area contributed by atoms with Crippen molar-refractivity contribution in [3.8, 4) is 0 Å². The highest BCUT2D eigenvalue weighted by Crippen LogP contribution is 2.36. The van der Waals surface area contributed by atoms with Crippen LogP contribution in [0.3, 0.4) is 0 Å². The lowest BCUT2D eigenvalue weighted by Gasteiger charge is -2.28. The van der Waals surface area contributed by atoms with Gasteiger partial charge in [-0.3, -0.25) is 0 Å². The Labute approximate surface area is 101 Å². The minimum absolute atomic E-state index is 0.261. The van der Waals surface area contributed by atoms with Crippen molar-refractivity contribution in [1.82, 2.24) is 5.32 Å². The molecule has 0 fully saturated rings. The summed E-state index contributed by atoms with van der Waals surface area (Å²) in [5, 5.41) is 12.5. The Morgan fingerprint density at radius 2 is 2.31 bits per heavy atom. The van der Waals surface area contributed by atoms with Crippen LogP contribution in [0.1, 0.15) is 31.4 Å². The standard InChI is InChI=1S/C13H19NOS/c1-10(6-8-15)14-12-7-9-16-13-5-3-2-4-11(12)13/h2-5,10,12,14-15H,6-9H2,1H3/t10-,12?/m1/s1. The number of rotatable bonds is 4. The van der Waals surface area contributed by atoms with Gasteiger partial charge in [0, 0.05) is 23.6 Å². The normalized spacial score (nSPS) is 21.5. The van der Waals surface area contributed by atoms with Crippen molar-refractivity contribution in [2.45, 2.75) is 36.7 Å². The number of thioether (sulfide) groups is 1. The summed E-state index contributed by atoms with van der Waals surface area (Å²) < 4.78 is 0. The van der Waals surface area contributed by atoms with Gasteiger partial charge in [0.2, 0.25) is 0 Å². The fourth-order valence-corrected chi connectivity index (χ4v) is 3.26. The van der Waals surface area contributed by atoms with Crippen LogP contribution < -0.4 is 5.32 Å². The van der Waals surface area contributed by atoms with Crippen LogP contribution in [0.15, 0.2) is 29.2 Å². The Kier molecular flexibility index (Phi) is 4.27. The van der Waals surface area contributed by atoms with Crippen LogP contribution >= 0.6 is 11.8 Å². The van der Waals surface area contributed by atoms with E-state index in [1.54, 1.807) is 0 Å². The van der Waals surface area contributed by atoms with Crippen molar-refractivity contribution in [3.63, 3.8) is 0 Å². The highest BCUT2D eigenvalue weighted by Gasteiger charge is 2.21. The van der Waals surface area contributed by atoms with Gasteiger partial charge < -0.3 is 10.4 Å². The molecule has 0 saturated heterocycles. The number of benzene rings is 1. The van der Waals surface area contributed by atoms with Crippen molar-refractivity contribution in [3.05, 3.63) is 29.8 Å². The van der Waals surface area contributed by atoms with E-state index in [-0.39, 0.29) is 6.61 Å². The Morgan fingerprint density at radius 3 is 3.12 bits per heavy atom. The van der Waals surface area contributed by atoms with E-state index in [9.17, 15) is 0 Å². The highest BCUT2D eigenvalue weighted by atomic mass is 32.2. The van der Waals surface area contributed by atoms with Crippen LogP contribution in [0.2, 0.25) is 0 Å². The molecule has 0 aliphatic carbocycles. The van der Waals surface area contributed by atoms with Crippen LogP contribution in [0.25, 0.3) is 0 Å². The summed E-state index contributed by atoms with van der Waals surface area (Å²) >= 11 is 1.94. The summed E-state index contributed by atoms with van der Waals surface area (Å²) in [6, 6.07) is 9.46. The molecule has 2 rings (SSSR count). The molecule has 1 aliphatic rings. The first-order chi connectivity index (χ1) is 7.81. The van der Waals surface area contributed by atoms with Crippen LogP contribution in [-0.2, 0) is 0 Å². The molecule has 1 aromatic rings. The van der Waals surface area contributed by atoms with Gasteiger partial charge in [-0.05, 0) is 37.1 Å². The summed E-state index contributed by atoms with van der Waals surface area (Å²) in [5.41, 5.74) is 1.42. The molecule has 2 N–H and O–H groups in total. The number of fused-ring (bicyclic) bond motifs is 1. The van der Waals surface area contributed by atoms with Crippen molar-refractivity contribution in [2.24, 2.45) is 0 Å². The zero-order chi connectivity index (χ0) is 11.4. The van der Waals surface area contributed by atoms with E-state index in [0.717, 1.165) is 6.42 Å². The van der Waals surface area contributed by atoms with Crippen molar-refractivity contribution < 1.29 is 5.11 Å². The lowest BCUT2D eigenvalue weighted by Crippen LogP contribution is -2.33. The van der Waals surface area contributed by atoms with Gasteiger partial charge in [0.25, 0.3) is 0 Å². The van der Waals surface area contributed by atoms with Crippen LogP contribution in [-0.4, -0.2) is 23.5 Å². The quantitative estimate of drug-likeness (QED) is 0.844. The summed E-state index contributed by atoms with van der Waals surface area (Å²) in [7, 11) is 0. The summed E-state index contributed by atoms with van der Waals surface area (Å²) in [6.45, 7) is 2.40. The minimum atomic E-state index is 0.261. The molecule has 1 aliphatic heterocycles. The maximum absolute atomic E-state index is 8.92. The predicted molar refractivity (Wildman–Crippen MR) is 68.8 cm³/mol. The van der Waals surface area contributed by atoms with Crippen molar-refractivity contribution in [2.75, 3.05) is 12.4 Å².